The summed E-state index contributed by atoms with van der Waals surface area (Å²) in [6.07, 6.45) is 13.4. The fourth-order valence-electron chi connectivity index (χ4n) is 5.21. The van der Waals surface area contributed by atoms with E-state index in [9.17, 15) is 13.2 Å². The minimum atomic E-state index is -3.48. The Morgan fingerprint density at radius 3 is 2.75 bits per heavy atom. The molecule has 2 aliphatic rings. The molecule has 1 amide bonds. The van der Waals surface area contributed by atoms with E-state index < -0.39 is 16.1 Å². The molecule has 0 bridgehead atoms. The smallest absolute Gasteiger partial charge is 0.280 e. The number of hydrogen-bond donors (Lipinski definition) is 3. The standard InChI is InChI=1S/C27H35N7O4S2/c1-2-38-25-17-28-15-23(32-25)24-16-31-27(39-24)26(35)33-22(13-18-7-5-6-11-29-18)21-14-19(10-12-30-21)34-40(36,37)20-8-3-4-9-20/h10,12,14-18,20,22,29H,2-9,11,13H2,1H3,(H,30,34)(H,33,35)/t18-,22-/m1/s1. The molecule has 0 unspecified atom stereocenters. The van der Waals surface area contributed by atoms with Gasteiger partial charge in [-0.05, 0) is 57.7 Å². The number of thiazole rings is 1. The van der Waals surface area contributed by atoms with Gasteiger partial charge in [-0.25, -0.2) is 18.4 Å². The summed E-state index contributed by atoms with van der Waals surface area (Å²) in [5.41, 5.74) is 1.63. The predicted molar refractivity (Wildman–Crippen MR) is 154 cm³/mol. The number of rotatable bonds is 11. The Hall–Kier alpha value is -3.16. The zero-order valence-corrected chi connectivity index (χ0v) is 24.1. The van der Waals surface area contributed by atoms with Crippen molar-refractivity contribution in [3.8, 4) is 16.5 Å². The third kappa shape index (κ3) is 7.12. The van der Waals surface area contributed by atoms with Crippen molar-refractivity contribution in [3.05, 3.63) is 47.6 Å². The summed E-state index contributed by atoms with van der Waals surface area (Å²) < 4.78 is 34.0. The molecule has 5 rings (SSSR count). The number of aromatic nitrogens is 4. The van der Waals surface area contributed by atoms with Crippen LogP contribution >= 0.6 is 11.3 Å². The highest BCUT2D eigenvalue weighted by Gasteiger charge is 2.29. The van der Waals surface area contributed by atoms with Crippen LogP contribution in [0, 0.1) is 0 Å². The molecular formula is C27H35N7O4S2. The molecule has 11 nitrogen and oxygen atoms in total. The van der Waals surface area contributed by atoms with Crippen molar-refractivity contribution in [2.45, 2.75) is 75.6 Å². The molecule has 3 aromatic heterocycles. The van der Waals surface area contributed by atoms with Crippen LogP contribution in [0.2, 0.25) is 0 Å². The molecule has 1 saturated carbocycles. The first-order valence-corrected chi connectivity index (χ1v) is 16.2. The summed E-state index contributed by atoms with van der Waals surface area (Å²) in [6.45, 7) is 3.28. The Morgan fingerprint density at radius 1 is 1.15 bits per heavy atom. The highest BCUT2D eigenvalue weighted by atomic mass is 32.2. The van der Waals surface area contributed by atoms with E-state index in [1.165, 1.54) is 11.3 Å². The minimum absolute atomic E-state index is 0.211. The molecule has 4 heterocycles. The van der Waals surface area contributed by atoms with Gasteiger partial charge >= 0.3 is 0 Å². The van der Waals surface area contributed by atoms with E-state index in [1.54, 1.807) is 36.9 Å². The molecule has 13 heteroatoms. The Morgan fingerprint density at radius 2 is 1.98 bits per heavy atom. The topological polar surface area (TPSA) is 148 Å². The number of carbonyl (C=O) groups excluding carboxylic acids is 1. The number of nitrogens with zero attached hydrogens (tertiary/aromatic N) is 4. The van der Waals surface area contributed by atoms with Crippen LogP contribution in [-0.4, -0.2) is 58.7 Å². The number of pyridine rings is 1. The number of ether oxygens (including phenoxy) is 1. The van der Waals surface area contributed by atoms with E-state index in [1.807, 2.05) is 6.92 Å². The van der Waals surface area contributed by atoms with Crippen molar-refractivity contribution >= 4 is 33.0 Å². The summed E-state index contributed by atoms with van der Waals surface area (Å²) in [6, 6.07) is 3.15. The van der Waals surface area contributed by atoms with Gasteiger partial charge in [0.25, 0.3) is 5.91 Å². The van der Waals surface area contributed by atoms with E-state index >= 15 is 0 Å². The number of anilines is 1. The lowest BCUT2D eigenvalue weighted by molar-refractivity contribution is 0.0929. The maximum atomic E-state index is 13.4. The average Bonchev–Trinajstić information content (AvgIpc) is 3.67. The first-order chi connectivity index (χ1) is 19.4. The van der Waals surface area contributed by atoms with Crippen LogP contribution in [0.3, 0.4) is 0 Å². The number of amides is 1. The molecule has 1 saturated heterocycles. The molecule has 214 valence electrons. The molecule has 40 heavy (non-hydrogen) atoms. The van der Waals surface area contributed by atoms with Gasteiger partial charge in [0.05, 0.1) is 46.6 Å². The van der Waals surface area contributed by atoms with Crippen LogP contribution in [0.25, 0.3) is 10.6 Å². The quantitative estimate of drug-likeness (QED) is 0.303. The van der Waals surface area contributed by atoms with Crippen molar-refractivity contribution in [2.24, 2.45) is 0 Å². The average molecular weight is 586 g/mol. The number of hydrogen-bond acceptors (Lipinski definition) is 10. The van der Waals surface area contributed by atoms with Crippen LogP contribution < -0.4 is 20.1 Å². The molecule has 3 aromatic rings. The van der Waals surface area contributed by atoms with Gasteiger partial charge in [-0.3, -0.25) is 19.5 Å². The van der Waals surface area contributed by atoms with Crippen molar-refractivity contribution in [2.75, 3.05) is 17.9 Å². The van der Waals surface area contributed by atoms with Gasteiger partial charge in [0, 0.05) is 18.4 Å². The molecule has 0 spiro atoms. The summed E-state index contributed by atoms with van der Waals surface area (Å²) in [5.74, 6) is 0.0821. The van der Waals surface area contributed by atoms with Crippen LogP contribution in [-0.2, 0) is 10.0 Å². The number of sulfonamides is 1. The second-order valence-corrected chi connectivity index (χ2v) is 13.1. The monoisotopic (exact) mass is 585 g/mol. The highest BCUT2D eigenvalue weighted by Crippen LogP contribution is 2.29. The fraction of sp³-hybridized carbons (Fsp3) is 0.519. The first kappa shape index (κ1) is 28.4. The van der Waals surface area contributed by atoms with Gasteiger partial charge in [-0.2, -0.15) is 0 Å². The molecule has 0 aromatic carbocycles. The molecule has 0 radical (unpaired) electrons. The minimum Gasteiger partial charge on any atom is -0.477 e. The van der Waals surface area contributed by atoms with E-state index in [2.05, 4.69) is 35.3 Å². The van der Waals surface area contributed by atoms with Gasteiger partial charge in [0.1, 0.15) is 5.69 Å². The lowest BCUT2D eigenvalue weighted by Gasteiger charge is -2.28. The Balaban J connectivity index is 1.34. The lowest BCUT2D eigenvalue weighted by atomic mass is 9.96. The van der Waals surface area contributed by atoms with E-state index in [4.69, 9.17) is 4.74 Å². The molecule has 1 aliphatic carbocycles. The summed E-state index contributed by atoms with van der Waals surface area (Å²) >= 11 is 1.22. The van der Waals surface area contributed by atoms with Crippen LogP contribution in [0.1, 0.15) is 79.8 Å². The predicted octanol–water partition coefficient (Wildman–Crippen LogP) is 4.08. The molecular weight excluding hydrogens is 550 g/mol. The summed E-state index contributed by atoms with van der Waals surface area (Å²) in [5, 5.41) is 6.56. The molecule has 3 N–H and O–H groups in total. The second-order valence-electron chi connectivity index (χ2n) is 10.1. The number of nitrogens with one attached hydrogen (secondary N) is 3. The Labute approximate surface area is 238 Å². The summed E-state index contributed by atoms with van der Waals surface area (Å²) in [7, 11) is -3.48. The van der Waals surface area contributed by atoms with Crippen molar-refractivity contribution in [1.29, 1.82) is 0 Å². The molecule has 1 aliphatic heterocycles. The van der Waals surface area contributed by atoms with Crippen LogP contribution in [0.4, 0.5) is 5.69 Å². The zero-order chi connectivity index (χ0) is 28.0. The Bertz CT molecular complexity index is 1400. The van der Waals surface area contributed by atoms with Gasteiger partial charge in [0.15, 0.2) is 5.01 Å². The SMILES string of the molecule is CCOc1cncc(-c2cnc(C(=O)N[C@H](C[C@H]3CCCCN3)c3cc(NS(=O)(=O)C4CCCC4)ccn3)s2)n1. The first-order valence-electron chi connectivity index (χ1n) is 13.8. The van der Waals surface area contributed by atoms with E-state index in [-0.39, 0.29) is 17.2 Å². The van der Waals surface area contributed by atoms with Crippen molar-refractivity contribution in [1.82, 2.24) is 30.6 Å². The maximum absolute atomic E-state index is 13.4. The highest BCUT2D eigenvalue weighted by molar-refractivity contribution is 7.93. The largest absolute Gasteiger partial charge is 0.477 e. The molecule has 2 fully saturated rings. The second kappa shape index (κ2) is 13.0. The maximum Gasteiger partial charge on any atom is 0.280 e. The van der Waals surface area contributed by atoms with Crippen LogP contribution in [0.5, 0.6) is 5.88 Å². The van der Waals surface area contributed by atoms with Crippen LogP contribution in [0.15, 0.2) is 36.9 Å². The third-order valence-electron chi connectivity index (χ3n) is 7.23. The van der Waals surface area contributed by atoms with Gasteiger partial charge in [-0.15, -0.1) is 11.3 Å². The number of carbonyl (C=O) groups is 1. The van der Waals surface area contributed by atoms with Gasteiger partial charge in [-0.1, -0.05) is 19.3 Å². The van der Waals surface area contributed by atoms with E-state index in [0.29, 0.717) is 58.7 Å². The lowest BCUT2D eigenvalue weighted by Crippen LogP contribution is -2.39. The van der Waals surface area contributed by atoms with Gasteiger partial charge < -0.3 is 15.4 Å². The van der Waals surface area contributed by atoms with Gasteiger partial charge in [0.2, 0.25) is 15.9 Å². The third-order valence-corrected chi connectivity index (χ3v) is 10.1. The Kier molecular flexibility index (Phi) is 9.22. The zero-order valence-electron chi connectivity index (χ0n) is 22.5. The van der Waals surface area contributed by atoms with Crippen molar-refractivity contribution in [3.63, 3.8) is 0 Å². The van der Waals surface area contributed by atoms with Crippen molar-refractivity contribution < 1.29 is 17.9 Å². The normalized spacial score (nSPS) is 18.8. The summed E-state index contributed by atoms with van der Waals surface area (Å²) in [4.78, 5) is 31.6. The van der Waals surface area contributed by atoms with E-state index in [0.717, 1.165) is 38.6 Å². The molecule has 2 atom stereocenters. The number of piperidine rings is 1. The fourth-order valence-corrected chi connectivity index (χ4v) is 7.56.